The average Bonchev–Trinajstić information content (AvgIpc) is 3.11. The zero-order valence-corrected chi connectivity index (χ0v) is 12.8. The van der Waals surface area contributed by atoms with Crippen LogP contribution in [0.3, 0.4) is 0 Å². The SMILES string of the molecule is N#Cc1ccccc1OCCN1CCC[C@](O)(c2cn[nH]n2)C1. The first-order valence-corrected chi connectivity index (χ1v) is 7.64. The van der Waals surface area contributed by atoms with E-state index in [2.05, 4.69) is 26.4 Å². The van der Waals surface area contributed by atoms with Gasteiger partial charge >= 0.3 is 0 Å². The molecule has 1 atom stereocenters. The minimum Gasteiger partial charge on any atom is -0.491 e. The lowest BCUT2D eigenvalue weighted by Crippen LogP contribution is -2.47. The molecule has 1 aliphatic rings. The van der Waals surface area contributed by atoms with Crippen molar-refractivity contribution < 1.29 is 9.84 Å². The number of nitrogens with one attached hydrogen (secondary N) is 1. The van der Waals surface area contributed by atoms with E-state index < -0.39 is 5.60 Å². The molecule has 2 N–H and O–H groups in total. The Bertz CT molecular complexity index is 682. The Morgan fingerprint density at radius 3 is 3.09 bits per heavy atom. The normalized spacial score (nSPS) is 21.7. The lowest BCUT2D eigenvalue weighted by Gasteiger charge is -2.37. The second-order valence-electron chi connectivity index (χ2n) is 5.72. The van der Waals surface area contributed by atoms with Crippen LogP contribution in [0.25, 0.3) is 0 Å². The molecular formula is C16H19N5O2. The van der Waals surface area contributed by atoms with Crippen molar-refractivity contribution in [3.05, 3.63) is 41.7 Å². The Kier molecular flexibility index (Phi) is 4.55. The van der Waals surface area contributed by atoms with Gasteiger partial charge in [-0.15, -0.1) is 0 Å². The molecule has 1 fully saturated rings. The average molecular weight is 313 g/mol. The van der Waals surface area contributed by atoms with E-state index in [4.69, 9.17) is 10.00 Å². The van der Waals surface area contributed by atoms with Crippen molar-refractivity contribution >= 4 is 0 Å². The number of ether oxygens (including phenoxy) is 1. The van der Waals surface area contributed by atoms with Crippen molar-refractivity contribution in [3.63, 3.8) is 0 Å². The molecule has 23 heavy (non-hydrogen) atoms. The topological polar surface area (TPSA) is 98.1 Å². The molecular weight excluding hydrogens is 294 g/mol. The maximum absolute atomic E-state index is 10.8. The van der Waals surface area contributed by atoms with Gasteiger partial charge in [0.25, 0.3) is 0 Å². The van der Waals surface area contributed by atoms with Crippen LogP contribution in [-0.4, -0.2) is 51.7 Å². The minimum atomic E-state index is -0.962. The van der Waals surface area contributed by atoms with Crippen molar-refractivity contribution in [1.29, 1.82) is 5.26 Å². The second kappa shape index (κ2) is 6.77. The zero-order chi connectivity index (χ0) is 16.1. The monoisotopic (exact) mass is 313 g/mol. The number of benzene rings is 1. The van der Waals surface area contributed by atoms with Crippen LogP contribution in [0.4, 0.5) is 0 Å². The van der Waals surface area contributed by atoms with Crippen LogP contribution in [0.1, 0.15) is 24.1 Å². The molecule has 0 radical (unpaired) electrons. The first kappa shape index (κ1) is 15.5. The Hall–Kier alpha value is -2.43. The summed E-state index contributed by atoms with van der Waals surface area (Å²) in [4.78, 5) is 2.15. The van der Waals surface area contributed by atoms with Gasteiger partial charge in [0.2, 0.25) is 0 Å². The fourth-order valence-corrected chi connectivity index (χ4v) is 2.92. The van der Waals surface area contributed by atoms with E-state index in [0.717, 1.165) is 13.0 Å². The minimum absolute atomic E-state index is 0.466. The molecule has 0 aliphatic carbocycles. The van der Waals surface area contributed by atoms with Gasteiger partial charge in [-0.1, -0.05) is 12.1 Å². The predicted molar refractivity (Wildman–Crippen MR) is 82.6 cm³/mol. The third kappa shape index (κ3) is 3.50. The summed E-state index contributed by atoms with van der Waals surface area (Å²) in [5.74, 6) is 0.596. The van der Waals surface area contributed by atoms with E-state index in [1.807, 2.05) is 12.1 Å². The number of nitriles is 1. The number of nitrogens with zero attached hydrogens (tertiary/aromatic N) is 4. The van der Waals surface area contributed by atoms with Gasteiger partial charge in [0, 0.05) is 13.1 Å². The summed E-state index contributed by atoms with van der Waals surface area (Å²) in [6.07, 6.45) is 3.13. The number of β-amino-alcohol motifs (C(OH)–C–C–N with tert-alkyl or cyclic N) is 1. The molecule has 0 bridgehead atoms. The molecule has 3 rings (SSSR count). The van der Waals surface area contributed by atoms with Crippen molar-refractivity contribution in [2.45, 2.75) is 18.4 Å². The number of piperidine rings is 1. The number of para-hydroxylation sites is 1. The van der Waals surface area contributed by atoms with Crippen LogP contribution in [0, 0.1) is 11.3 Å². The van der Waals surface area contributed by atoms with Gasteiger partial charge in [-0.05, 0) is 31.5 Å². The van der Waals surface area contributed by atoms with E-state index in [9.17, 15) is 5.11 Å². The van der Waals surface area contributed by atoms with E-state index >= 15 is 0 Å². The van der Waals surface area contributed by atoms with Gasteiger partial charge in [0.1, 0.15) is 29.7 Å². The molecule has 0 amide bonds. The highest BCUT2D eigenvalue weighted by Gasteiger charge is 2.36. The van der Waals surface area contributed by atoms with Crippen LogP contribution >= 0.6 is 0 Å². The molecule has 1 aromatic heterocycles. The Balaban J connectivity index is 1.56. The number of aromatic nitrogens is 3. The molecule has 0 saturated carbocycles. The molecule has 2 heterocycles. The van der Waals surface area contributed by atoms with Gasteiger partial charge in [-0.3, -0.25) is 4.90 Å². The lowest BCUT2D eigenvalue weighted by atomic mass is 9.90. The van der Waals surface area contributed by atoms with Crippen molar-refractivity contribution in [3.8, 4) is 11.8 Å². The molecule has 1 aliphatic heterocycles. The number of hydrogen-bond donors (Lipinski definition) is 2. The second-order valence-corrected chi connectivity index (χ2v) is 5.72. The first-order valence-electron chi connectivity index (χ1n) is 7.64. The van der Waals surface area contributed by atoms with Crippen molar-refractivity contribution in [2.75, 3.05) is 26.2 Å². The van der Waals surface area contributed by atoms with Gasteiger partial charge in [0.05, 0.1) is 11.8 Å². The molecule has 120 valence electrons. The van der Waals surface area contributed by atoms with Gasteiger partial charge < -0.3 is 9.84 Å². The van der Waals surface area contributed by atoms with Gasteiger partial charge in [0.15, 0.2) is 0 Å². The van der Waals surface area contributed by atoms with Crippen LogP contribution in [0.2, 0.25) is 0 Å². The molecule has 0 spiro atoms. The lowest BCUT2D eigenvalue weighted by molar-refractivity contribution is -0.0412. The largest absolute Gasteiger partial charge is 0.491 e. The molecule has 7 nitrogen and oxygen atoms in total. The van der Waals surface area contributed by atoms with Crippen LogP contribution in [0.15, 0.2) is 30.5 Å². The summed E-state index contributed by atoms with van der Waals surface area (Å²) < 4.78 is 5.71. The van der Waals surface area contributed by atoms with Crippen molar-refractivity contribution in [2.24, 2.45) is 0 Å². The fraction of sp³-hybridized carbons (Fsp3) is 0.438. The maximum atomic E-state index is 10.8. The van der Waals surface area contributed by atoms with E-state index in [1.165, 1.54) is 0 Å². The summed E-state index contributed by atoms with van der Waals surface area (Å²) in [5.41, 5.74) is 0.152. The summed E-state index contributed by atoms with van der Waals surface area (Å²) in [6, 6.07) is 9.31. The van der Waals surface area contributed by atoms with Crippen LogP contribution in [0.5, 0.6) is 5.75 Å². The summed E-state index contributed by atoms with van der Waals surface area (Å²) in [6.45, 7) is 2.56. The Labute approximate surface area is 134 Å². The van der Waals surface area contributed by atoms with Gasteiger partial charge in [-0.25, -0.2) is 0 Å². The Morgan fingerprint density at radius 1 is 1.43 bits per heavy atom. The maximum Gasteiger partial charge on any atom is 0.137 e. The molecule has 1 aromatic carbocycles. The summed E-state index contributed by atoms with van der Waals surface area (Å²) in [7, 11) is 0. The van der Waals surface area contributed by atoms with Crippen LogP contribution < -0.4 is 4.74 Å². The highest BCUT2D eigenvalue weighted by atomic mass is 16.5. The molecule has 0 unspecified atom stereocenters. The summed E-state index contributed by atoms with van der Waals surface area (Å²) in [5, 5.41) is 30.1. The van der Waals surface area contributed by atoms with E-state index in [0.29, 0.717) is 43.1 Å². The third-order valence-electron chi connectivity index (χ3n) is 4.11. The number of rotatable bonds is 5. The summed E-state index contributed by atoms with van der Waals surface area (Å²) >= 11 is 0. The highest BCUT2D eigenvalue weighted by Crippen LogP contribution is 2.29. The third-order valence-corrected chi connectivity index (χ3v) is 4.11. The fourth-order valence-electron chi connectivity index (χ4n) is 2.92. The first-order chi connectivity index (χ1) is 11.2. The molecule has 7 heteroatoms. The molecule has 2 aromatic rings. The number of aliphatic hydroxyl groups is 1. The number of H-pyrrole nitrogens is 1. The standard InChI is InChI=1S/C16H19N5O2/c17-10-13-4-1-2-5-14(13)23-9-8-21-7-3-6-16(22,12-21)15-11-18-20-19-15/h1-2,4-5,11,22H,3,6-9,12H2,(H,18,19,20)/t16-/m1/s1. The van der Waals surface area contributed by atoms with E-state index in [1.54, 1.807) is 18.3 Å². The van der Waals surface area contributed by atoms with Crippen molar-refractivity contribution in [1.82, 2.24) is 20.3 Å². The predicted octanol–water partition coefficient (Wildman–Crippen LogP) is 1.04. The van der Waals surface area contributed by atoms with Crippen LogP contribution in [-0.2, 0) is 5.60 Å². The quantitative estimate of drug-likeness (QED) is 0.856. The zero-order valence-electron chi connectivity index (χ0n) is 12.8. The smallest absolute Gasteiger partial charge is 0.137 e. The van der Waals surface area contributed by atoms with Gasteiger partial charge in [-0.2, -0.15) is 20.7 Å². The number of hydrogen-bond acceptors (Lipinski definition) is 6. The number of aromatic amines is 1. The highest BCUT2D eigenvalue weighted by molar-refractivity contribution is 5.42. The number of likely N-dealkylation sites (tertiary alicyclic amines) is 1. The Morgan fingerprint density at radius 2 is 2.30 bits per heavy atom. The molecule has 1 saturated heterocycles. The van der Waals surface area contributed by atoms with E-state index in [-0.39, 0.29) is 0 Å².